The maximum absolute atomic E-state index is 12.4. The van der Waals surface area contributed by atoms with E-state index in [-0.39, 0.29) is 4.90 Å². The molecule has 0 saturated carbocycles. The topological polar surface area (TPSA) is 88.5 Å². The van der Waals surface area contributed by atoms with Gasteiger partial charge in [0.15, 0.2) is 15.6 Å². The lowest BCUT2D eigenvalue weighted by Crippen LogP contribution is -2.35. The standard InChI is InChI=1S/C14H18O5S/c1-9(2)14(17)12(8-13(15)16)20(18,19)11-6-4-10(3)5-7-11/h4-7,9,12H,8H2,1-3H3,(H,15,16). The summed E-state index contributed by atoms with van der Waals surface area (Å²) in [5.41, 5.74) is 0.883. The number of hydrogen-bond donors (Lipinski definition) is 1. The molecule has 0 aliphatic heterocycles. The van der Waals surface area contributed by atoms with E-state index >= 15 is 0 Å². The van der Waals surface area contributed by atoms with E-state index in [1.165, 1.54) is 12.1 Å². The van der Waals surface area contributed by atoms with Crippen molar-refractivity contribution in [1.29, 1.82) is 0 Å². The van der Waals surface area contributed by atoms with Crippen LogP contribution in [0.25, 0.3) is 0 Å². The molecule has 0 aliphatic carbocycles. The van der Waals surface area contributed by atoms with Gasteiger partial charge in [-0.05, 0) is 19.1 Å². The van der Waals surface area contributed by atoms with E-state index in [0.717, 1.165) is 5.56 Å². The molecule has 5 nitrogen and oxygen atoms in total. The minimum atomic E-state index is -3.99. The average molecular weight is 298 g/mol. The first kappa shape index (κ1) is 16.4. The van der Waals surface area contributed by atoms with Crippen LogP contribution in [-0.4, -0.2) is 30.5 Å². The minimum absolute atomic E-state index is 0.0247. The van der Waals surface area contributed by atoms with E-state index in [4.69, 9.17) is 5.11 Å². The fraction of sp³-hybridized carbons (Fsp3) is 0.429. The van der Waals surface area contributed by atoms with E-state index in [1.54, 1.807) is 26.0 Å². The highest BCUT2D eigenvalue weighted by atomic mass is 32.2. The Morgan fingerprint density at radius 3 is 2.05 bits per heavy atom. The summed E-state index contributed by atoms with van der Waals surface area (Å²) in [6.45, 7) is 4.92. The zero-order chi connectivity index (χ0) is 15.5. The highest BCUT2D eigenvalue weighted by Crippen LogP contribution is 2.22. The number of aryl methyl sites for hydroxylation is 1. The average Bonchev–Trinajstić information content (AvgIpc) is 2.35. The van der Waals surface area contributed by atoms with Gasteiger partial charge < -0.3 is 5.11 Å². The monoisotopic (exact) mass is 298 g/mol. The maximum atomic E-state index is 12.4. The zero-order valence-corrected chi connectivity index (χ0v) is 12.5. The molecule has 110 valence electrons. The summed E-state index contributed by atoms with van der Waals surface area (Å²) >= 11 is 0. The Morgan fingerprint density at radius 1 is 1.15 bits per heavy atom. The number of carbonyl (C=O) groups excluding carboxylic acids is 1. The molecule has 1 aromatic carbocycles. The predicted octanol–water partition coefficient (Wildman–Crippen LogP) is 1.84. The third-order valence-corrected chi connectivity index (χ3v) is 5.05. The van der Waals surface area contributed by atoms with E-state index in [0.29, 0.717) is 0 Å². The summed E-state index contributed by atoms with van der Waals surface area (Å²) in [6.07, 6.45) is -0.715. The number of benzene rings is 1. The van der Waals surface area contributed by atoms with Crippen molar-refractivity contribution < 1.29 is 23.1 Å². The predicted molar refractivity (Wildman–Crippen MR) is 74.3 cm³/mol. The van der Waals surface area contributed by atoms with Crippen molar-refractivity contribution in [2.45, 2.75) is 37.3 Å². The molecular weight excluding hydrogens is 280 g/mol. The minimum Gasteiger partial charge on any atom is -0.481 e. The van der Waals surface area contributed by atoms with Gasteiger partial charge in [0.05, 0.1) is 11.3 Å². The molecule has 1 rings (SSSR count). The highest BCUT2D eigenvalue weighted by Gasteiger charge is 2.36. The van der Waals surface area contributed by atoms with Gasteiger partial charge in [0, 0.05) is 5.92 Å². The Kier molecular flexibility index (Phi) is 5.05. The van der Waals surface area contributed by atoms with Crippen molar-refractivity contribution in [2.24, 2.45) is 5.92 Å². The van der Waals surface area contributed by atoms with Crippen molar-refractivity contribution in [3.63, 3.8) is 0 Å². The summed E-state index contributed by atoms with van der Waals surface area (Å²) < 4.78 is 24.9. The lowest BCUT2D eigenvalue weighted by Gasteiger charge is -2.17. The van der Waals surface area contributed by atoms with Crippen LogP contribution in [0.2, 0.25) is 0 Å². The number of aliphatic carboxylic acids is 1. The smallest absolute Gasteiger partial charge is 0.305 e. The third-order valence-electron chi connectivity index (χ3n) is 2.97. The number of carbonyl (C=O) groups is 2. The van der Waals surface area contributed by atoms with Crippen LogP contribution < -0.4 is 0 Å². The maximum Gasteiger partial charge on any atom is 0.305 e. The van der Waals surface area contributed by atoms with Gasteiger partial charge in [0.25, 0.3) is 0 Å². The summed E-state index contributed by atoms with van der Waals surface area (Å²) in [5.74, 6) is -2.42. The molecule has 1 atom stereocenters. The van der Waals surface area contributed by atoms with Crippen LogP contribution in [0.4, 0.5) is 0 Å². The van der Waals surface area contributed by atoms with Crippen LogP contribution in [0.1, 0.15) is 25.8 Å². The molecule has 0 bridgehead atoms. The van der Waals surface area contributed by atoms with Crippen molar-refractivity contribution in [1.82, 2.24) is 0 Å². The van der Waals surface area contributed by atoms with Crippen LogP contribution in [0.15, 0.2) is 29.2 Å². The van der Waals surface area contributed by atoms with Gasteiger partial charge in [-0.25, -0.2) is 8.42 Å². The Morgan fingerprint density at radius 2 is 1.65 bits per heavy atom. The second-order valence-corrected chi connectivity index (χ2v) is 7.13. The second-order valence-electron chi connectivity index (χ2n) is 5.00. The second kappa shape index (κ2) is 6.17. The van der Waals surface area contributed by atoms with E-state index in [2.05, 4.69) is 0 Å². The molecule has 20 heavy (non-hydrogen) atoms. The SMILES string of the molecule is Cc1ccc(S(=O)(=O)C(CC(=O)O)C(=O)C(C)C)cc1. The largest absolute Gasteiger partial charge is 0.481 e. The van der Waals surface area contributed by atoms with Crippen LogP contribution in [0, 0.1) is 12.8 Å². The van der Waals surface area contributed by atoms with E-state index in [9.17, 15) is 18.0 Å². The molecule has 1 N–H and O–H groups in total. The van der Waals surface area contributed by atoms with Crippen molar-refractivity contribution in [3.05, 3.63) is 29.8 Å². The highest BCUT2D eigenvalue weighted by molar-refractivity contribution is 7.92. The number of carboxylic acids is 1. The summed E-state index contributed by atoms with van der Waals surface area (Å²) in [7, 11) is -3.99. The van der Waals surface area contributed by atoms with Gasteiger partial charge in [-0.2, -0.15) is 0 Å². The molecular formula is C14H18O5S. The number of hydrogen-bond acceptors (Lipinski definition) is 4. The van der Waals surface area contributed by atoms with Gasteiger partial charge in [-0.3, -0.25) is 9.59 Å². The van der Waals surface area contributed by atoms with Crippen molar-refractivity contribution in [3.8, 4) is 0 Å². The lowest BCUT2D eigenvalue weighted by molar-refractivity contribution is -0.138. The fourth-order valence-electron chi connectivity index (χ4n) is 1.79. The number of ketones is 1. The molecule has 0 aromatic heterocycles. The molecule has 0 aliphatic rings. The first-order valence-corrected chi connectivity index (χ1v) is 7.77. The summed E-state index contributed by atoms with van der Waals surface area (Å²) in [6, 6.07) is 6.02. The van der Waals surface area contributed by atoms with Gasteiger partial charge >= 0.3 is 5.97 Å². The number of Topliss-reactive ketones (excluding diaryl/α,β-unsaturated/α-hetero) is 1. The summed E-state index contributed by atoms with van der Waals surface area (Å²) in [4.78, 5) is 22.9. The Labute approximate surface area is 118 Å². The first-order chi connectivity index (χ1) is 9.16. The molecule has 0 amide bonds. The van der Waals surface area contributed by atoms with Crippen LogP contribution in [-0.2, 0) is 19.4 Å². The number of carboxylic acid groups (broad SMARTS) is 1. The van der Waals surface area contributed by atoms with Crippen molar-refractivity contribution in [2.75, 3.05) is 0 Å². The van der Waals surface area contributed by atoms with Crippen LogP contribution >= 0.6 is 0 Å². The number of rotatable bonds is 6. The molecule has 0 saturated heterocycles. The van der Waals surface area contributed by atoms with Gasteiger partial charge in [-0.1, -0.05) is 31.5 Å². The molecule has 0 spiro atoms. The lowest BCUT2D eigenvalue weighted by atomic mass is 10.0. The number of sulfone groups is 1. The third kappa shape index (κ3) is 3.66. The molecule has 0 heterocycles. The van der Waals surface area contributed by atoms with E-state index < -0.39 is 39.2 Å². The van der Waals surface area contributed by atoms with Gasteiger partial charge in [0.1, 0.15) is 5.25 Å². The molecule has 1 unspecified atom stereocenters. The van der Waals surface area contributed by atoms with Crippen LogP contribution in [0.3, 0.4) is 0 Å². The normalized spacial score (nSPS) is 13.2. The van der Waals surface area contributed by atoms with Gasteiger partial charge in [-0.15, -0.1) is 0 Å². The fourth-order valence-corrected chi connectivity index (χ4v) is 3.57. The zero-order valence-electron chi connectivity index (χ0n) is 11.7. The Hall–Kier alpha value is -1.69. The van der Waals surface area contributed by atoms with Crippen molar-refractivity contribution >= 4 is 21.6 Å². The molecule has 0 fully saturated rings. The summed E-state index contributed by atoms with van der Waals surface area (Å²) in [5, 5.41) is 7.31. The molecule has 1 aromatic rings. The molecule has 0 radical (unpaired) electrons. The van der Waals surface area contributed by atoms with E-state index in [1.807, 2.05) is 6.92 Å². The van der Waals surface area contributed by atoms with Gasteiger partial charge in [0.2, 0.25) is 0 Å². The first-order valence-electron chi connectivity index (χ1n) is 6.22. The Bertz CT molecular complexity index is 599. The molecule has 6 heteroatoms. The quantitative estimate of drug-likeness (QED) is 0.865. The van der Waals surface area contributed by atoms with Crippen LogP contribution in [0.5, 0.6) is 0 Å². The Balaban J connectivity index is 3.27.